The van der Waals surface area contributed by atoms with E-state index in [9.17, 15) is 4.79 Å². The topological polar surface area (TPSA) is 56.2 Å². The number of nitrogens with one attached hydrogen (secondary N) is 1. The number of nitrogens with zero attached hydrogens (tertiary/aromatic N) is 2. The van der Waals surface area contributed by atoms with Crippen LogP contribution in [-0.4, -0.2) is 34.9 Å². The number of rotatable bonds is 6. The zero-order valence-corrected chi connectivity index (χ0v) is 17.1. The molecule has 0 spiro atoms. The minimum Gasteiger partial charge on any atom is -0.376 e. The van der Waals surface area contributed by atoms with E-state index in [0.717, 1.165) is 42.1 Å². The van der Waals surface area contributed by atoms with Gasteiger partial charge in [-0.3, -0.25) is 4.79 Å². The maximum atomic E-state index is 13.1. The van der Waals surface area contributed by atoms with Crippen molar-refractivity contribution in [3.8, 4) is 5.69 Å². The maximum Gasteiger partial charge on any atom is 0.255 e. The molecule has 2 aromatic rings. The molecule has 1 amide bonds. The summed E-state index contributed by atoms with van der Waals surface area (Å²) in [5, 5.41) is 7.94. The average molecular weight is 370 g/mol. The number of hydrogen-bond acceptors (Lipinski definition) is 3. The lowest BCUT2D eigenvalue weighted by Crippen LogP contribution is -2.33. The lowest BCUT2D eigenvalue weighted by molar-refractivity contribution is 0.0855. The van der Waals surface area contributed by atoms with E-state index < -0.39 is 0 Å². The van der Waals surface area contributed by atoms with Gasteiger partial charge in [0.25, 0.3) is 5.91 Å². The quantitative estimate of drug-likeness (QED) is 0.824. The molecule has 1 saturated heterocycles. The van der Waals surface area contributed by atoms with E-state index in [1.54, 1.807) is 0 Å². The summed E-state index contributed by atoms with van der Waals surface area (Å²) in [6.45, 7) is 11.8. The molecule has 1 aromatic heterocycles. The first-order chi connectivity index (χ1) is 12.9. The van der Waals surface area contributed by atoms with Crippen LogP contribution < -0.4 is 5.32 Å². The van der Waals surface area contributed by atoms with Gasteiger partial charge in [0.2, 0.25) is 0 Å². The van der Waals surface area contributed by atoms with Crippen LogP contribution >= 0.6 is 0 Å². The maximum absolute atomic E-state index is 13.1. The number of amides is 1. The highest BCUT2D eigenvalue weighted by Crippen LogP contribution is 2.30. The van der Waals surface area contributed by atoms with E-state index in [4.69, 9.17) is 9.84 Å². The van der Waals surface area contributed by atoms with E-state index in [1.165, 1.54) is 5.56 Å². The normalized spacial score (nSPS) is 17.1. The van der Waals surface area contributed by atoms with Crippen LogP contribution in [0.15, 0.2) is 24.3 Å². The smallest absolute Gasteiger partial charge is 0.255 e. The minimum atomic E-state index is -0.0451. The van der Waals surface area contributed by atoms with Crippen molar-refractivity contribution >= 4 is 5.91 Å². The van der Waals surface area contributed by atoms with Crippen molar-refractivity contribution < 1.29 is 9.53 Å². The summed E-state index contributed by atoms with van der Waals surface area (Å²) < 4.78 is 7.59. The lowest BCUT2D eigenvalue weighted by Gasteiger charge is -2.15. The Kier molecular flexibility index (Phi) is 6.00. The number of aryl methyl sites for hydroxylation is 1. The molecule has 1 fully saturated rings. The highest BCUT2D eigenvalue weighted by molar-refractivity contribution is 5.97. The van der Waals surface area contributed by atoms with E-state index in [0.29, 0.717) is 6.54 Å². The summed E-state index contributed by atoms with van der Waals surface area (Å²) in [5.41, 5.74) is 4.73. The molecule has 1 N–H and O–H groups in total. The lowest BCUT2D eigenvalue weighted by atomic mass is 9.98. The highest BCUT2D eigenvalue weighted by atomic mass is 16.5. The van der Waals surface area contributed by atoms with Crippen LogP contribution in [0.3, 0.4) is 0 Å². The number of ether oxygens (including phenoxy) is 1. The number of benzene rings is 1. The van der Waals surface area contributed by atoms with Gasteiger partial charge in [-0.15, -0.1) is 0 Å². The van der Waals surface area contributed by atoms with Crippen molar-refractivity contribution in [3.05, 3.63) is 46.8 Å². The van der Waals surface area contributed by atoms with Crippen molar-refractivity contribution in [1.29, 1.82) is 0 Å². The summed E-state index contributed by atoms with van der Waals surface area (Å²) in [6, 6.07) is 8.28. The SMILES string of the molecule is Cc1ccc(-n2nc(C(C)C)c(C(=O)NC[C@H]3CCCO3)c2C(C)C)cc1. The summed E-state index contributed by atoms with van der Waals surface area (Å²) in [4.78, 5) is 13.1. The second kappa shape index (κ2) is 8.26. The van der Waals surface area contributed by atoms with Gasteiger partial charge in [0, 0.05) is 13.2 Å². The van der Waals surface area contributed by atoms with Gasteiger partial charge < -0.3 is 10.1 Å². The predicted molar refractivity (Wildman–Crippen MR) is 108 cm³/mol. The fourth-order valence-corrected chi connectivity index (χ4v) is 3.60. The fourth-order valence-electron chi connectivity index (χ4n) is 3.60. The molecule has 0 unspecified atom stereocenters. The second-order valence-corrected chi connectivity index (χ2v) is 8.05. The van der Waals surface area contributed by atoms with Crippen LogP contribution in [0.2, 0.25) is 0 Å². The van der Waals surface area contributed by atoms with Gasteiger partial charge in [0.1, 0.15) is 0 Å². The molecule has 1 aromatic carbocycles. The Morgan fingerprint density at radius 2 is 1.93 bits per heavy atom. The van der Waals surface area contributed by atoms with E-state index >= 15 is 0 Å². The Morgan fingerprint density at radius 1 is 1.22 bits per heavy atom. The molecule has 0 saturated carbocycles. The Hall–Kier alpha value is -2.14. The van der Waals surface area contributed by atoms with Gasteiger partial charge in [-0.05, 0) is 43.7 Å². The van der Waals surface area contributed by atoms with E-state index in [-0.39, 0.29) is 23.8 Å². The average Bonchev–Trinajstić information content (AvgIpc) is 3.28. The Morgan fingerprint density at radius 3 is 2.48 bits per heavy atom. The molecule has 27 heavy (non-hydrogen) atoms. The molecule has 0 bridgehead atoms. The van der Waals surface area contributed by atoms with Gasteiger partial charge in [-0.25, -0.2) is 4.68 Å². The molecular formula is C22H31N3O2. The first-order valence-electron chi connectivity index (χ1n) is 9.98. The molecule has 5 heteroatoms. The Bertz CT molecular complexity index is 785. The number of carbonyl (C=O) groups excluding carboxylic acids is 1. The summed E-state index contributed by atoms with van der Waals surface area (Å²) in [5.74, 6) is 0.295. The van der Waals surface area contributed by atoms with Crippen molar-refractivity contribution in [2.45, 2.75) is 65.4 Å². The van der Waals surface area contributed by atoms with Gasteiger partial charge in [0.15, 0.2) is 0 Å². The number of carbonyl (C=O) groups is 1. The van der Waals surface area contributed by atoms with Crippen LogP contribution in [0.4, 0.5) is 0 Å². The van der Waals surface area contributed by atoms with E-state index in [1.807, 2.05) is 4.68 Å². The third-order valence-electron chi connectivity index (χ3n) is 5.06. The summed E-state index contributed by atoms with van der Waals surface area (Å²) in [6.07, 6.45) is 2.21. The molecule has 1 aliphatic rings. The highest BCUT2D eigenvalue weighted by Gasteiger charge is 2.28. The minimum absolute atomic E-state index is 0.0451. The molecular weight excluding hydrogens is 338 g/mol. The van der Waals surface area contributed by atoms with Crippen molar-refractivity contribution in [2.75, 3.05) is 13.2 Å². The molecule has 2 heterocycles. The zero-order chi connectivity index (χ0) is 19.6. The standard InChI is InChI=1S/C22H31N3O2/c1-14(2)20-19(22(26)23-13-18-7-6-12-27-18)21(15(3)4)25(24-20)17-10-8-16(5)9-11-17/h8-11,14-15,18H,6-7,12-13H2,1-5H3,(H,23,26)/t18-/m1/s1. The van der Waals surface area contributed by atoms with Crippen molar-refractivity contribution in [1.82, 2.24) is 15.1 Å². The molecule has 0 aliphatic carbocycles. The largest absolute Gasteiger partial charge is 0.376 e. The molecule has 3 rings (SSSR count). The zero-order valence-electron chi connectivity index (χ0n) is 17.1. The number of hydrogen-bond donors (Lipinski definition) is 1. The Balaban J connectivity index is 1.99. The second-order valence-electron chi connectivity index (χ2n) is 8.05. The van der Waals surface area contributed by atoms with Crippen LogP contribution in [0, 0.1) is 6.92 Å². The predicted octanol–water partition coefficient (Wildman–Crippen LogP) is 4.34. The van der Waals surface area contributed by atoms with E-state index in [2.05, 4.69) is 64.2 Å². The van der Waals surface area contributed by atoms with Crippen LogP contribution in [0.1, 0.15) is 79.7 Å². The summed E-state index contributed by atoms with van der Waals surface area (Å²) in [7, 11) is 0. The molecule has 0 radical (unpaired) electrons. The number of aromatic nitrogens is 2. The molecule has 1 atom stereocenters. The van der Waals surface area contributed by atoms with Crippen molar-refractivity contribution in [2.24, 2.45) is 0 Å². The third-order valence-corrected chi connectivity index (χ3v) is 5.06. The first-order valence-corrected chi connectivity index (χ1v) is 9.98. The van der Waals surface area contributed by atoms with Crippen LogP contribution in [0.5, 0.6) is 0 Å². The fraction of sp³-hybridized carbons (Fsp3) is 0.545. The monoisotopic (exact) mass is 369 g/mol. The van der Waals surface area contributed by atoms with Gasteiger partial charge >= 0.3 is 0 Å². The first kappa shape index (κ1) is 19.6. The van der Waals surface area contributed by atoms with Crippen LogP contribution in [-0.2, 0) is 4.74 Å². The molecule has 5 nitrogen and oxygen atoms in total. The third kappa shape index (κ3) is 4.24. The Labute approximate surface area is 162 Å². The molecule has 146 valence electrons. The van der Waals surface area contributed by atoms with Gasteiger partial charge in [-0.2, -0.15) is 5.10 Å². The molecule has 1 aliphatic heterocycles. The summed E-state index contributed by atoms with van der Waals surface area (Å²) >= 11 is 0. The van der Waals surface area contributed by atoms with Crippen LogP contribution in [0.25, 0.3) is 5.69 Å². The van der Waals surface area contributed by atoms with Gasteiger partial charge in [-0.1, -0.05) is 45.4 Å². The van der Waals surface area contributed by atoms with Gasteiger partial charge in [0.05, 0.1) is 28.7 Å². The van der Waals surface area contributed by atoms with Crippen molar-refractivity contribution in [3.63, 3.8) is 0 Å².